The van der Waals surface area contributed by atoms with E-state index in [4.69, 9.17) is 10.00 Å². The van der Waals surface area contributed by atoms with Crippen LogP contribution in [0.15, 0.2) is 12.1 Å². The zero-order chi connectivity index (χ0) is 14.9. The highest BCUT2D eigenvalue weighted by Gasteiger charge is 2.37. The number of hydrogen-bond donors (Lipinski definition) is 0. The molecule has 0 amide bonds. The fourth-order valence-corrected chi connectivity index (χ4v) is 2.49. The molecule has 0 bridgehead atoms. The Morgan fingerprint density at radius 1 is 1.40 bits per heavy atom. The van der Waals surface area contributed by atoms with Gasteiger partial charge in [0, 0.05) is 13.1 Å². The van der Waals surface area contributed by atoms with Gasteiger partial charge in [-0.05, 0) is 18.1 Å². The second-order valence-corrected chi connectivity index (χ2v) is 4.88. The summed E-state index contributed by atoms with van der Waals surface area (Å²) in [6, 6.07) is 4.20. The van der Waals surface area contributed by atoms with Crippen molar-refractivity contribution < 1.29 is 18.3 Å². The molecule has 1 aliphatic rings. The van der Waals surface area contributed by atoms with Crippen molar-refractivity contribution in [2.75, 3.05) is 25.1 Å². The van der Waals surface area contributed by atoms with Crippen LogP contribution < -0.4 is 4.90 Å². The van der Waals surface area contributed by atoms with E-state index < -0.39 is 11.6 Å². The highest BCUT2D eigenvalue weighted by Crippen LogP contribution is 2.32. The van der Waals surface area contributed by atoms with Crippen molar-refractivity contribution in [2.45, 2.75) is 6.92 Å². The van der Waals surface area contributed by atoms with Gasteiger partial charge in [0.1, 0.15) is 6.07 Å². The summed E-state index contributed by atoms with van der Waals surface area (Å²) < 4.78 is 32.3. The van der Waals surface area contributed by atoms with Crippen LogP contribution in [-0.2, 0) is 9.53 Å². The van der Waals surface area contributed by atoms with E-state index in [2.05, 4.69) is 0 Å². The van der Waals surface area contributed by atoms with Crippen LogP contribution in [0.4, 0.5) is 14.5 Å². The maximum Gasteiger partial charge on any atom is 0.310 e. The standard InChI is InChI=1S/C14H14F2N2O2/c1-8-6-18(7-10(8)14(19)20-2)11-4-3-9(5-17)12(15)13(11)16/h3-4,8,10H,6-7H2,1-2H3. The molecule has 1 aromatic carbocycles. The van der Waals surface area contributed by atoms with Gasteiger partial charge in [-0.15, -0.1) is 0 Å². The Morgan fingerprint density at radius 3 is 2.70 bits per heavy atom. The normalized spacial score (nSPS) is 21.6. The minimum atomic E-state index is -1.15. The number of halogens is 2. The Labute approximate surface area is 115 Å². The lowest BCUT2D eigenvalue weighted by Gasteiger charge is -2.19. The van der Waals surface area contributed by atoms with E-state index >= 15 is 0 Å². The van der Waals surface area contributed by atoms with E-state index in [1.807, 2.05) is 6.92 Å². The Morgan fingerprint density at radius 2 is 2.10 bits per heavy atom. The average Bonchev–Trinajstić information content (AvgIpc) is 2.82. The summed E-state index contributed by atoms with van der Waals surface area (Å²) in [6.45, 7) is 2.57. The molecule has 0 radical (unpaired) electrons. The number of benzene rings is 1. The SMILES string of the molecule is COC(=O)C1CN(c2ccc(C#N)c(F)c2F)CC1C. The quantitative estimate of drug-likeness (QED) is 0.778. The van der Waals surface area contributed by atoms with E-state index in [1.165, 1.54) is 19.2 Å². The minimum Gasteiger partial charge on any atom is -0.469 e. The third-order valence-corrected chi connectivity index (χ3v) is 3.64. The first-order valence-electron chi connectivity index (χ1n) is 6.20. The highest BCUT2D eigenvalue weighted by molar-refractivity contribution is 5.74. The van der Waals surface area contributed by atoms with Crippen molar-refractivity contribution >= 4 is 11.7 Å². The number of nitriles is 1. The molecular weight excluding hydrogens is 266 g/mol. The maximum absolute atomic E-state index is 14.0. The molecule has 2 unspecified atom stereocenters. The number of rotatable bonds is 2. The van der Waals surface area contributed by atoms with Gasteiger partial charge in [-0.1, -0.05) is 6.92 Å². The van der Waals surface area contributed by atoms with Gasteiger partial charge < -0.3 is 9.64 Å². The monoisotopic (exact) mass is 280 g/mol. The molecular formula is C14H14F2N2O2. The molecule has 2 atom stereocenters. The lowest BCUT2D eigenvalue weighted by Crippen LogP contribution is -2.25. The van der Waals surface area contributed by atoms with Gasteiger partial charge in [-0.3, -0.25) is 4.79 Å². The van der Waals surface area contributed by atoms with Crippen molar-refractivity contribution in [3.05, 3.63) is 29.3 Å². The van der Waals surface area contributed by atoms with Gasteiger partial charge in [0.05, 0.1) is 24.3 Å². The van der Waals surface area contributed by atoms with Crippen molar-refractivity contribution in [1.82, 2.24) is 0 Å². The molecule has 0 N–H and O–H groups in total. The lowest BCUT2D eigenvalue weighted by molar-refractivity contribution is -0.145. The predicted molar refractivity (Wildman–Crippen MR) is 68.0 cm³/mol. The molecule has 1 saturated heterocycles. The lowest BCUT2D eigenvalue weighted by atomic mass is 9.99. The summed E-state index contributed by atoms with van der Waals surface area (Å²) in [5, 5.41) is 8.66. The van der Waals surface area contributed by atoms with E-state index in [-0.39, 0.29) is 35.6 Å². The van der Waals surface area contributed by atoms with Gasteiger partial charge in [-0.25, -0.2) is 8.78 Å². The zero-order valence-electron chi connectivity index (χ0n) is 11.2. The Hall–Kier alpha value is -2.16. The van der Waals surface area contributed by atoms with Gasteiger partial charge >= 0.3 is 5.97 Å². The first kappa shape index (κ1) is 14.3. The van der Waals surface area contributed by atoms with Crippen molar-refractivity contribution in [3.8, 4) is 6.07 Å². The van der Waals surface area contributed by atoms with Crippen molar-refractivity contribution in [2.24, 2.45) is 11.8 Å². The fourth-order valence-electron chi connectivity index (χ4n) is 2.49. The van der Waals surface area contributed by atoms with Crippen LogP contribution in [0.1, 0.15) is 12.5 Å². The third kappa shape index (κ3) is 2.31. The number of carbonyl (C=O) groups is 1. The zero-order valence-corrected chi connectivity index (χ0v) is 11.2. The van der Waals surface area contributed by atoms with E-state index in [1.54, 1.807) is 11.0 Å². The van der Waals surface area contributed by atoms with Crippen molar-refractivity contribution in [3.63, 3.8) is 0 Å². The van der Waals surface area contributed by atoms with E-state index in [0.717, 1.165) is 0 Å². The molecule has 1 heterocycles. The minimum absolute atomic E-state index is 0.0134. The van der Waals surface area contributed by atoms with Crippen LogP contribution >= 0.6 is 0 Å². The molecule has 1 fully saturated rings. The first-order chi connectivity index (χ1) is 9.49. The van der Waals surface area contributed by atoms with Gasteiger partial charge in [0.15, 0.2) is 11.6 Å². The molecule has 4 nitrogen and oxygen atoms in total. The first-order valence-corrected chi connectivity index (χ1v) is 6.20. The smallest absolute Gasteiger partial charge is 0.310 e. The molecule has 0 aromatic heterocycles. The molecule has 6 heteroatoms. The summed E-state index contributed by atoms with van der Waals surface area (Å²) in [6.07, 6.45) is 0. The molecule has 1 aliphatic heterocycles. The summed E-state index contributed by atoms with van der Waals surface area (Å²) >= 11 is 0. The molecule has 20 heavy (non-hydrogen) atoms. The van der Waals surface area contributed by atoms with Crippen molar-refractivity contribution in [1.29, 1.82) is 5.26 Å². The molecule has 0 saturated carbocycles. The number of methoxy groups -OCH3 is 1. The van der Waals surface area contributed by atoms with Crippen LogP contribution in [0.2, 0.25) is 0 Å². The third-order valence-electron chi connectivity index (χ3n) is 3.64. The topological polar surface area (TPSA) is 53.3 Å². The second-order valence-electron chi connectivity index (χ2n) is 4.88. The summed E-state index contributed by atoms with van der Waals surface area (Å²) in [7, 11) is 1.31. The van der Waals surface area contributed by atoms with Gasteiger partial charge in [-0.2, -0.15) is 5.26 Å². The summed E-state index contributed by atoms with van der Waals surface area (Å²) in [4.78, 5) is 13.2. The molecule has 1 aromatic rings. The number of ether oxygens (including phenoxy) is 1. The average molecular weight is 280 g/mol. The number of anilines is 1. The highest BCUT2D eigenvalue weighted by atomic mass is 19.2. The van der Waals surface area contributed by atoms with Gasteiger partial charge in [0.25, 0.3) is 0 Å². The van der Waals surface area contributed by atoms with Crippen LogP contribution in [0.25, 0.3) is 0 Å². The molecule has 106 valence electrons. The number of carbonyl (C=O) groups excluding carboxylic acids is 1. The summed E-state index contributed by atoms with van der Waals surface area (Å²) in [5.74, 6) is -2.94. The Bertz CT molecular complexity index is 583. The number of nitrogens with zero attached hydrogens (tertiary/aromatic N) is 2. The Balaban J connectivity index is 2.29. The van der Waals surface area contributed by atoms with Crippen LogP contribution in [0.3, 0.4) is 0 Å². The molecule has 0 aliphatic carbocycles. The van der Waals surface area contributed by atoms with Gasteiger partial charge in [0.2, 0.25) is 0 Å². The molecule has 2 rings (SSSR count). The Kier molecular flexibility index (Phi) is 3.89. The summed E-state index contributed by atoms with van der Waals surface area (Å²) in [5.41, 5.74) is -0.261. The van der Waals surface area contributed by atoms with Crippen LogP contribution in [0, 0.1) is 34.8 Å². The number of hydrogen-bond acceptors (Lipinski definition) is 4. The predicted octanol–water partition coefficient (Wildman–Crippen LogP) is 2.08. The maximum atomic E-state index is 14.0. The largest absolute Gasteiger partial charge is 0.469 e. The van der Waals surface area contributed by atoms with E-state index in [0.29, 0.717) is 6.54 Å². The van der Waals surface area contributed by atoms with Crippen LogP contribution in [-0.4, -0.2) is 26.2 Å². The molecule has 0 spiro atoms. The van der Waals surface area contributed by atoms with E-state index in [9.17, 15) is 13.6 Å². The fraction of sp³-hybridized carbons (Fsp3) is 0.429. The second kappa shape index (κ2) is 5.45. The van der Waals surface area contributed by atoms with Crippen LogP contribution in [0.5, 0.6) is 0 Å². The number of esters is 1.